The van der Waals surface area contributed by atoms with Gasteiger partial charge in [0.05, 0.1) is 11.7 Å². The molecule has 0 aromatic rings. The Morgan fingerprint density at radius 1 is 1.14 bits per heavy atom. The summed E-state index contributed by atoms with van der Waals surface area (Å²) in [6, 6.07) is 0. The molecule has 0 heterocycles. The van der Waals surface area contributed by atoms with Gasteiger partial charge in [-0.2, -0.15) is 0 Å². The molecule has 2 N–H and O–H groups in total. The molecule has 0 saturated heterocycles. The summed E-state index contributed by atoms with van der Waals surface area (Å²) in [6.07, 6.45) is 5.00. The fraction of sp³-hybridized carbons (Fsp3) is 1.00. The number of hydrogen-bond donors (Lipinski definition) is 1. The van der Waals surface area contributed by atoms with Crippen LogP contribution in [0, 0.1) is 5.41 Å². The summed E-state index contributed by atoms with van der Waals surface area (Å²) >= 11 is 0. The van der Waals surface area contributed by atoms with Crippen LogP contribution in [0.25, 0.3) is 0 Å². The number of hydrogen-bond acceptors (Lipinski definition) is 2. The molecule has 0 amide bonds. The molecule has 14 heavy (non-hydrogen) atoms. The van der Waals surface area contributed by atoms with Crippen molar-refractivity contribution in [3.05, 3.63) is 0 Å². The Morgan fingerprint density at radius 2 is 1.64 bits per heavy atom. The van der Waals surface area contributed by atoms with E-state index in [2.05, 4.69) is 27.7 Å². The molecule has 1 fully saturated rings. The maximum absolute atomic E-state index is 6.00. The third kappa shape index (κ3) is 2.96. The van der Waals surface area contributed by atoms with E-state index in [9.17, 15) is 0 Å². The minimum Gasteiger partial charge on any atom is -0.371 e. The van der Waals surface area contributed by atoms with E-state index in [1.165, 1.54) is 12.8 Å². The summed E-state index contributed by atoms with van der Waals surface area (Å²) in [6.45, 7) is 9.53. The Hall–Kier alpha value is -0.0800. The van der Waals surface area contributed by atoms with E-state index in [1.54, 1.807) is 0 Å². The average Bonchev–Trinajstić information content (AvgIpc) is 2.09. The lowest BCUT2D eigenvalue weighted by atomic mass is 9.71. The molecule has 0 aliphatic heterocycles. The summed E-state index contributed by atoms with van der Waals surface area (Å²) < 4.78 is 6.00. The quantitative estimate of drug-likeness (QED) is 0.758. The zero-order valence-electron chi connectivity index (χ0n) is 10.1. The first-order valence-corrected chi connectivity index (χ1v) is 5.77. The second kappa shape index (κ2) is 4.19. The first-order valence-electron chi connectivity index (χ1n) is 5.77. The highest BCUT2D eigenvalue weighted by atomic mass is 16.5. The van der Waals surface area contributed by atoms with E-state index in [1.807, 2.05) is 0 Å². The van der Waals surface area contributed by atoms with Crippen LogP contribution < -0.4 is 5.73 Å². The molecule has 84 valence electrons. The van der Waals surface area contributed by atoms with Crippen LogP contribution in [0.2, 0.25) is 0 Å². The Balaban J connectivity index is 2.57. The van der Waals surface area contributed by atoms with Crippen LogP contribution in [-0.2, 0) is 4.74 Å². The van der Waals surface area contributed by atoms with Crippen LogP contribution >= 0.6 is 0 Å². The van der Waals surface area contributed by atoms with Gasteiger partial charge in [0.25, 0.3) is 0 Å². The summed E-state index contributed by atoms with van der Waals surface area (Å²) in [5.74, 6) is 0. The van der Waals surface area contributed by atoms with Crippen molar-refractivity contribution in [3.8, 4) is 0 Å². The highest BCUT2D eigenvalue weighted by Gasteiger charge is 2.38. The second-order valence-electron chi connectivity index (χ2n) is 5.72. The number of nitrogens with two attached hydrogens (primary N) is 1. The molecule has 2 heteroatoms. The normalized spacial score (nSPS) is 25.3. The zero-order chi connectivity index (χ0) is 10.8. The lowest BCUT2D eigenvalue weighted by Gasteiger charge is -2.43. The van der Waals surface area contributed by atoms with Gasteiger partial charge in [-0.3, -0.25) is 0 Å². The Bertz CT molecular complexity index is 177. The minimum absolute atomic E-state index is 0.0241. The lowest BCUT2D eigenvalue weighted by molar-refractivity contribution is -0.109. The van der Waals surface area contributed by atoms with E-state index in [0.717, 1.165) is 12.8 Å². The van der Waals surface area contributed by atoms with Gasteiger partial charge in [0.1, 0.15) is 0 Å². The fourth-order valence-electron chi connectivity index (χ4n) is 2.25. The minimum atomic E-state index is -0.0241. The van der Waals surface area contributed by atoms with Gasteiger partial charge in [-0.15, -0.1) is 0 Å². The molecular formula is C12H25NO. The van der Waals surface area contributed by atoms with E-state index in [4.69, 9.17) is 10.5 Å². The molecule has 0 aromatic heterocycles. The van der Waals surface area contributed by atoms with Crippen LogP contribution in [0.3, 0.4) is 0 Å². The highest BCUT2D eigenvalue weighted by Crippen LogP contribution is 2.41. The third-order valence-corrected chi connectivity index (χ3v) is 3.37. The van der Waals surface area contributed by atoms with Crippen LogP contribution in [0.5, 0.6) is 0 Å². The van der Waals surface area contributed by atoms with Gasteiger partial charge in [-0.1, -0.05) is 13.8 Å². The Labute approximate surface area is 88.2 Å². The highest BCUT2D eigenvalue weighted by molar-refractivity contribution is 4.91. The van der Waals surface area contributed by atoms with Crippen LogP contribution in [0.1, 0.15) is 53.4 Å². The van der Waals surface area contributed by atoms with Crippen molar-refractivity contribution in [1.82, 2.24) is 0 Å². The van der Waals surface area contributed by atoms with Crippen molar-refractivity contribution >= 4 is 0 Å². The lowest BCUT2D eigenvalue weighted by Crippen LogP contribution is -2.46. The van der Waals surface area contributed by atoms with Gasteiger partial charge in [0.2, 0.25) is 0 Å². The average molecular weight is 199 g/mol. The van der Waals surface area contributed by atoms with E-state index in [0.29, 0.717) is 18.1 Å². The van der Waals surface area contributed by atoms with Gasteiger partial charge in [-0.05, 0) is 44.9 Å². The smallest absolute Gasteiger partial charge is 0.0808 e. The summed E-state index contributed by atoms with van der Waals surface area (Å²) in [5.41, 5.74) is 6.31. The van der Waals surface area contributed by atoms with Gasteiger partial charge in [0, 0.05) is 6.54 Å². The van der Waals surface area contributed by atoms with Crippen LogP contribution in [0.4, 0.5) is 0 Å². The fourth-order valence-corrected chi connectivity index (χ4v) is 2.25. The zero-order valence-corrected chi connectivity index (χ0v) is 10.1. The summed E-state index contributed by atoms with van der Waals surface area (Å²) in [5, 5.41) is 0. The van der Waals surface area contributed by atoms with Gasteiger partial charge in [0.15, 0.2) is 0 Å². The first-order chi connectivity index (χ1) is 6.39. The molecule has 1 rings (SSSR count). The standard InChI is InChI=1S/C12H25NO/c1-10(2)14-12(9-13)7-5-11(3,4)6-8-12/h10H,5-9,13H2,1-4H3. The molecule has 0 bridgehead atoms. The molecule has 1 aliphatic rings. The Kier molecular flexibility index (Phi) is 3.59. The molecular weight excluding hydrogens is 174 g/mol. The molecule has 0 aromatic carbocycles. The van der Waals surface area contributed by atoms with Crippen LogP contribution in [-0.4, -0.2) is 18.2 Å². The first kappa shape index (κ1) is 12.0. The SMILES string of the molecule is CC(C)OC1(CN)CCC(C)(C)CC1. The van der Waals surface area contributed by atoms with E-state index >= 15 is 0 Å². The molecule has 0 radical (unpaired) electrons. The molecule has 0 unspecified atom stereocenters. The maximum Gasteiger partial charge on any atom is 0.0808 e. The third-order valence-electron chi connectivity index (χ3n) is 3.37. The summed E-state index contributed by atoms with van der Waals surface area (Å²) in [4.78, 5) is 0. The van der Waals surface area contributed by atoms with Gasteiger partial charge < -0.3 is 10.5 Å². The second-order valence-corrected chi connectivity index (χ2v) is 5.72. The van der Waals surface area contributed by atoms with Gasteiger partial charge >= 0.3 is 0 Å². The molecule has 0 atom stereocenters. The monoisotopic (exact) mass is 199 g/mol. The van der Waals surface area contributed by atoms with E-state index in [-0.39, 0.29) is 5.60 Å². The number of ether oxygens (including phenoxy) is 1. The van der Waals surface area contributed by atoms with Crippen molar-refractivity contribution in [2.24, 2.45) is 11.1 Å². The molecule has 2 nitrogen and oxygen atoms in total. The van der Waals surface area contributed by atoms with Crippen molar-refractivity contribution in [2.75, 3.05) is 6.54 Å². The predicted octanol–water partition coefficient (Wildman–Crippen LogP) is 2.71. The van der Waals surface area contributed by atoms with Crippen LogP contribution in [0.15, 0.2) is 0 Å². The largest absolute Gasteiger partial charge is 0.371 e. The molecule has 0 spiro atoms. The Morgan fingerprint density at radius 3 is 2.00 bits per heavy atom. The molecule has 1 saturated carbocycles. The van der Waals surface area contributed by atoms with Crippen molar-refractivity contribution < 1.29 is 4.74 Å². The van der Waals surface area contributed by atoms with Crippen molar-refractivity contribution in [3.63, 3.8) is 0 Å². The predicted molar refractivity (Wildman–Crippen MR) is 60.3 cm³/mol. The van der Waals surface area contributed by atoms with Crippen molar-refractivity contribution in [2.45, 2.75) is 65.1 Å². The summed E-state index contributed by atoms with van der Waals surface area (Å²) in [7, 11) is 0. The van der Waals surface area contributed by atoms with Gasteiger partial charge in [-0.25, -0.2) is 0 Å². The molecule has 1 aliphatic carbocycles. The van der Waals surface area contributed by atoms with E-state index < -0.39 is 0 Å². The maximum atomic E-state index is 6.00. The number of rotatable bonds is 3. The topological polar surface area (TPSA) is 35.2 Å². The van der Waals surface area contributed by atoms with Crippen molar-refractivity contribution in [1.29, 1.82) is 0 Å².